The number of benzene rings is 7. The summed E-state index contributed by atoms with van der Waals surface area (Å²) in [4.78, 5) is 8.84. The zero-order valence-electron chi connectivity index (χ0n) is 38.0. The molecule has 5 aromatic heterocycles. The van der Waals surface area contributed by atoms with Crippen molar-refractivity contribution in [3.05, 3.63) is 182 Å². The zero-order valence-corrected chi connectivity index (χ0v) is 38.0. The molecule has 14 rings (SSSR count). The average Bonchev–Trinajstić information content (AvgIpc) is 3.97. The van der Waals surface area contributed by atoms with Gasteiger partial charge in [-0.2, -0.15) is 0 Å². The van der Waals surface area contributed by atoms with Gasteiger partial charge in [0, 0.05) is 79.5 Å². The molecule has 0 unspecified atom stereocenters. The van der Waals surface area contributed by atoms with Crippen LogP contribution in [0.2, 0.25) is 0 Å². The molecule has 0 atom stereocenters. The molecule has 12 aromatic rings. The summed E-state index contributed by atoms with van der Waals surface area (Å²) in [5.74, 6) is 0. The van der Waals surface area contributed by atoms with Gasteiger partial charge in [0.1, 0.15) is 0 Å². The van der Waals surface area contributed by atoms with Crippen LogP contribution in [-0.4, -0.2) is 30.4 Å². The zero-order chi connectivity index (χ0) is 44.4. The molecule has 5 nitrogen and oxygen atoms in total. The predicted molar refractivity (Wildman–Crippen MR) is 278 cm³/mol. The van der Waals surface area contributed by atoms with E-state index in [4.69, 9.17) is 0 Å². The molecular weight excluding hydrogens is 802 g/mol. The molecule has 0 aliphatic carbocycles. The second-order valence-corrected chi connectivity index (χ2v) is 20.7. The van der Waals surface area contributed by atoms with Crippen molar-refractivity contribution in [3.8, 4) is 39.3 Å². The fourth-order valence-corrected chi connectivity index (χ4v) is 11.7. The standard InChI is InChI=1S/C60H46BN5/c1-59(2,3)39-15-17-44-45-18-16-40(60(4,5)6)32-53(45)64(52(44)31-39)41-33-54-56-55(34-41)66-51-14-10-8-12-43(51)47-28-38(36-21-25-63-26-22-36)30-49(58(47)66)61(56)48-29-37(35-19-23-62-24-20-35)27-46-42-11-7-9-13-50(42)65(54)57(46)48/h7-34H,1-6H3. The van der Waals surface area contributed by atoms with E-state index < -0.39 is 0 Å². The number of hydrogen-bond donors (Lipinski definition) is 0. The first-order valence-corrected chi connectivity index (χ1v) is 23.2. The number of aromatic nitrogens is 5. The van der Waals surface area contributed by atoms with Crippen molar-refractivity contribution in [2.24, 2.45) is 0 Å². The Morgan fingerprint density at radius 2 is 0.803 bits per heavy atom. The van der Waals surface area contributed by atoms with E-state index in [0.717, 1.165) is 16.8 Å². The number of hydrogen-bond acceptors (Lipinski definition) is 2. The number of para-hydroxylation sites is 2. The Balaban J connectivity index is 1.20. The van der Waals surface area contributed by atoms with E-state index in [1.54, 1.807) is 0 Å². The number of rotatable bonds is 3. The maximum Gasteiger partial charge on any atom is 0.252 e. The van der Waals surface area contributed by atoms with Crippen LogP contribution in [0.25, 0.3) is 105 Å². The van der Waals surface area contributed by atoms with Crippen LogP contribution in [0.5, 0.6) is 0 Å². The van der Waals surface area contributed by atoms with Crippen molar-refractivity contribution in [1.29, 1.82) is 0 Å². The van der Waals surface area contributed by atoms with Gasteiger partial charge in [0.25, 0.3) is 6.71 Å². The summed E-state index contributed by atoms with van der Waals surface area (Å²) in [6.45, 7) is 13.9. The van der Waals surface area contributed by atoms with Gasteiger partial charge in [-0.25, -0.2) is 0 Å². The molecule has 6 heteroatoms. The van der Waals surface area contributed by atoms with Gasteiger partial charge in [-0.15, -0.1) is 0 Å². The average molecular weight is 848 g/mol. The fraction of sp³-hybridized carbons (Fsp3) is 0.133. The van der Waals surface area contributed by atoms with Crippen molar-refractivity contribution in [3.63, 3.8) is 0 Å². The van der Waals surface area contributed by atoms with Crippen LogP contribution < -0.4 is 16.4 Å². The van der Waals surface area contributed by atoms with Crippen molar-refractivity contribution < 1.29 is 0 Å². The van der Waals surface area contributed by atoms with Gasteiger partial charge < -0.3 is 13.7 Å². The van der Waals surface area contributed by atoms with Crippen molar-refractivity contribution in [2.75, 3.05) is 0 Å². The van der Waals surface area contributed by atoms with Crippen LogP contribution in [-0.2, 0) is 10.8 Å². The molecule has 0 fully saturated rings. The van der Waals surface area contributed by atoms with Crippen LogP contribution in [0, 0.1) is 0 Å². The third-order valence-corrected chi connectivity index (χ3v) is 14.9. The topological polar surface area (TPSA) is 40.6 Å². The Hall–Kier alpha value is -7.70. The lowest BCUT2D eigenvalue weighted by atomic mass is 9.34. The minimum Gasteiger partial charge on any atom is -0.310 e. The second-order valence-electron chi connectivity index (χ2n) is 20.7. The van der Waals surface area contributed by atoms with Crippen LogP contribution in [0.1, 0.15) is 52.7 Å². The highest BCUT2D eigenvalue weighted by Gasteiger charge is 2.42. The quantitative estimate of drug-likeness (QED) is 0.166. The molecule has 0 saturated heterocycles. The molecule has 0 bridgehead atoms. The largest absolute Gasteiger partial charge is 0.310 e. The van der Waals surface area contributed by atoms with Gasteiger partial charge in [-0.3, -0.25) is 9.97 Å². The highest BCUT2D eigenvalue weighted by atomic mass is 15.1. The third kappa shape index (κ3) is 5.07. The number of fused-ring (bicyclic) bond motifs is 13. The second kappa shape index (κ2) is 13.0. The molecule has 66 heavy (non-hydrogen) atoms. The van der Waals surface area contributed by atoms with Crippen LogP contribution >= 0.6 is 0 Å². The summed E-state index contributed by atoms with van der Waals surface area (Å²) < 4.78 is 7.78. The molecule has 0 N–H and O–H groups in total. The van der Waals surface area contributed by atoms with E-state index in [0.29, 0.717) is 0 Å². The number of nitrogens with zero attached hydrogens (tertiary/aromatic N) is 5. The Kier molecular flexibility index (Phi) is 7.41. The van der Waals surface area contributed by atoms with Gasteiger partial charge in [0.05, 0.1) is 27.8 Å². The van der Waals surface area contributed by atoms with Crippen LogP contribution in [0.3, 0.4) is 0 Å². The van der Waals surface area contributed by atoms with E-state index in [1.807, 2.05) is 24.8 Å². The first-order chi connectivity index (χ1) is 32.0. The lowest BCUT2D eigenvalue weighted by molar-refractivity contribution is 0.591. The SMILES string of the molecule is CC(C)(C)c1ccc2c3ccc(C(C)(C)C)cc3n(-c3cc4c5c(c3)-n3c6ccccc6c6cc(-c7ccncc7)cc(c63)B5c3cc(-c5ccncc5)cc5c6ccccc6n-4c35)c2c1. The van der Waals surface area contributed by atoms with Crippen molar-refractivity contribution in [2.45, 2.75) is 52.4 Å². The Bertz CT molecular complexity index is 3800. The monoisotopic (exact) mass is 847 g/mol. The molecule has 0 saturated carbocycles. The van der Waals surface area contributed by atoms with E-state index in [2.05, 4.69) is 211 Å². The highest BCUT2D eigenvalue weighted by Crippen LogP contribution is 2.44. The van der Waals surface area contributed by atoms with E-state index >= 15 is 0 Å². The molecule has 0 spiro atoms. The number of pyridine rings is 2. The molecule has 7 aromatic carbocycles. The van der Waals surface area contributed by atoms with Gasteiger partial charge in [0.2, 0.25) is 0 Å². The predicted octanol–water partition coefficient (Wildman–Crippen LogP) is 12.8. The fourth-order valence-electron chi connectivity index (χ4n) is 11.7. The van der Waals surface area contributed by atoms with Crippen LogP contribution in [0.15, 0.2) is 170 Å². The van der Waals surface area contributed by atoms with Gasteiger partial charge in [0.15, 0.2) is 0 Å². The Morgan fingerprint density at radius 3 is 1.24 bits per heavy atom. The van der Waals surface area contributed by atoms with Crippen molar-refractivity contribution >= 4 is 88.5 Å². The normalized spacial score (nSPS) is 13.3. The Labute approximate surface area is 383 Å². The summed E-state index contributed by atoms with van der Waals surface area (Å²) in [7, 11) is 0. The van der Waals surface area contributed by atoms with Gasteiger partial charge in [-0.05, 0) is 133 Å². The molecule has 2 aliphatic heterocycles. The molecule has 0 amide bonds. The minimum absolute atomic E-state index is 0.0237. The smallest absolute Gasteiger partial charge is 0.252 e. The lowest BCUT2D eigenvalue weighted by Crippen LogP contribution is -2.59. The summed E-state index contributed by atoms with van der Waals surface area (Å²) in [5.41, 5.74) is 22.3. The third-order valence-electron chi connectivity index (χ3n) is 14.9. The molecular formula is C60H46BN5. The van der Waals surface area contributed by atoms with E-state index in [1.165, 1.54) is 115 Å². The lowest BCUT2D eigenvalue weighted by Gasteiger charge is -2.35. The van der Waals surface area contributed by atoms with E-state index in [9.17, 15) is 0 Å². The van der Waals surface area contributed by atoms with Crippen molar-refractivity contribution in [1.82, 2.24) is 23.7 Å². The maximum atomic E-state index is 4.42. The highest BCUT2D eigenvalue weighted by molar-refractivity contribution is 7.00. The van der Waals surface area contributed by atoms with Crippen LogP contribution in [0.4, 0.5) is 0 Å². The molecule has 7 heterocycles. The Morgan fingerprint density at radius 1 is 0.379 bits per heavy atom. The first-order valence-electron chi connectivity index (χ1n) is 23.2. The van der Waals surface area contributed by atoms with Gasteiger partial charge >= 0.3 is 0 Å². The molecule has 2 aliphatic rings. The summed E-state index contributed by atoms with van der Waals surface area (Å²) in [5, 5.41) is 7.58. The summed E-state index contributed by atoms with van der Waals surface area (Å²) in [6, 6.07) is 55.8. The summed E-state index contributed by atoms with van der Waals surface area (Å²) in [6.07, 6.45) is 7.64. The molecule has 314 valence electrons. The maximum absolute atomic E-state index is 4.42. The summed E-state index contributed by atoms with van der Waals surface area (Å²) >= 11 is 0. The minimum atomic E-state index is -0.0515. The first kappa shape index (κ1) is 37.7. The van der Waals surface area contributed by atoms with E-state index in [-0.39, 0.29) is 17.5 Å². The van der Waals surface area contributed by atoms with Gasteiger partial charge in [-0.1, -0.05) is 114 Å². The molecule has 0 radical (unpaired) electrons.